The van der Waals surface area contributed by atoms with E-state index < -0.39 is 0 Å². The van der Waals surface area contributed by atoms with Crippen LogP contribution in [0.25, 0.3) is 0 Å². The first-order valence-corrected chi connectivity index (χ1v) is 13.2. The highest BCUT2D eigenvalue weighted by Crippen LogP contribution is 2.37. The molecule has 0 aliphatic heterocycles. The van der Waals surface area contributed by atoms with E-state index in [0.717, 1.165) is 57.7 Å². The maximum absolute atomic E-state index is 9.81. The molecule has 186 valence electrons. The molecule has 4 nitrogen and oxygen atoms in total. The summed E-state index contributed by atoms with van der Waals surface area (Å²) in [4.78, 5) is 2.37. The highest BCUT2D eigenvalue weighted by molar-refractivity contribution is 5.55. The molecule has 3 aromatic carbocycles. The van der Waals surface area contributed by atoms with Gasteiger partial charge in [0, 0.05) is 18.3 Å². The monoisotopic (exact) mass is 472 g/mol. The highest BCUT2D eigenvalue weighted by atomic mass is 16.5. The minimum atomic E-state index is 0.318. The molecular weight excluding hydrogens is 432 g/mol. The van der Waals surface area contributed by atoms with Gasteiger partial charge in [0.05, 0.1) is 0 Å². The fourth-order valence-electron chi connectivity index (χ4n) is 5.22. The van der Waals surface area contributed by atoms with Crippen LogP contribution in [0.3, 0.4) is 0 Å². The summed E-state index contributed by atoms with van der Waals surface area (Å²) in [5, 5.41) is 13.6. The summed E-state index contributed by atoms with van der Waals surface area (Å²) in [6, 6.07) is 23.5. The molecule has 0 amide bonds. The SMILES string of the molecule is CCN(CC)CCOc1ccc(CC(C)Nc2ccccc2C2CCc3cc(O)ccc3C2)cc1. The molecule has 2 N–H and O–H groups in total. The molecule has 3 aromatic rings. The third-order valence-electron chi connectivity index (χ3n) is 7.26. The first-order valence-electron chi connectivity index (χ1n) is 13.2. The Hall–Kier alpha value is -2.98. The van der Waals surface area contributed by atoms with Crippen LogP contribution in [-0.2, 0) is 19.3 Å². The lowest BCUT2D eigenvalue weighted by Gasteiger charge is -2.28. The molecule has 0 aromatic heterocycles. The Balaban J connectivity index is 1.33. The number of benzene rings is 3. The number of nitrogens with zero attached hydrogens (tertiary/aromatic N) is 1. The first kappa shape index (κ1) is 25.1. The molecule has 0 saturated carbocycles. The number of fused-ring (bicyclic) bond motifs is 1. The maximum atomic E-state index is 9.81. The number of hydrogen-bond acceptors (Lipinski definition) is 4. The van der Waals surface area contributed by atoms with Gasteiger partial charge in [0.15, 0.2) is 0 Å². The zero-order valence-electron chi connectivity index (χ0n) is 21.5. The lowest BCUT2D eigenvalue weighted by atomic mass is 9.79. The van der Waals surface area contributed by atoms with Gasteiger partial charge in [-0.2, -0.15) is 0 Å². The normalized spacial score (nSPS) is 16.1. The third kappa shape index (κ3) is 6.79. The van der Waals surface area contributed by atoms with Crippen LogP contribution in [0.1, 0.15) is 55.4 Å². The van der Waals surface area contributed by atoms with Crippen molar-refractivity contribution in [1.29, 1.82) is 0 Å². The molecule has 1 aliphatic carbocycles. The van der Waals surface area contributed by atoms with Gasteiger partial charge in [0.1, 0.15) is 18.1 Å². The second-order valence-corrected chi connectivity index (χ2v) is 9.75. The van der Waals surface area contributed by atoms with E-state index in [2.05, 4.69) is 85.6 Å². The van der Waals surface area contributed by atoms with Crippen molar-refractivity contribution in [3.8, 4) is 11.5 Å². The van der Waals surface area contributed by atoms with E-state index in [-0.39, 0.29) is 0 Å². The summed E-state index contributed by atoms with van der Waals surface area (Å²) in [6.45, 7) is 10.4. The van der Waals surface area contributed by atoms with Crippen molar-refractivity contribution in [2.45, 2.75) is 58.4 Å². The molecular formula is C31H40N2O2. The van der Waals surface area contributed by atoms with Gasteiger partial charge >= 0.3 is 0 Å². The molecule has 1 aliphatic rings. The van der Waals surface area contributed by atoms with Crippen LogP contribution in [0.5, 0.6) is 11.5 Å². The van der Waals surface area contributed by atoms with Crippen LogP contribution in [0, 0.1) is 0 Å². The molecule has 2 unspecified atom stereocenters. The molecule has 35 heavy (non-hydrogen) atoms. The van der Waals surface area contributed by atoms with Crippen molar-refractivity contribution >= 4 is 5.69 Å². The summed E-state index contributed by atoms with van der Waals surface area (Å²) in [7, 11) is 0. The van der Waals surface area contributed by atoms with Crippen LogP contribution in [0.4, 0.5) is 5.69 Å². The standard InChI is InChI=1S/C31H40N2O2/c1-4-33(5-2)18-19-35-29-16-10-24(11-17-29)20-23(3)32-31-9-7-6-8-30(31)27-13-12-26-22-28(34)15-14-25(26)21-27/h6-11,14-17,22-23,27,32,34H,4-5,12-13,18-21H2,1-3H3. The average molecular weight is 473 g/mol. The predicted molar refractivity (Wildman–Crippen MR) is 146 cm³/mol. The third-order valence-corrected chi connectivity index (χ3v) is 7.26. The van der Waals surface area contributed by atoms with Gasteiger partial charge in [-0.15, -0.1) is 0 Å². The molecule has 2 atom stereocenters. The second-order valence-electron chi connectivity index (χ2n) is 9.75. The Morgan fingerprint density at radius 3 is 2.54 bits per heavy atom. The summed E-state index contributed by atoms with van der Waals surface area (Å²) < 4.78 is 5.94. The fraction of sp³-hybridized carbons (Fsp3) is 0.419. The quantitative estimate of drug-likeness (QED) is 0.338. The van der Waals surface area contributed by atoms with Crippen molar-refractivity contribution in [2.75, 3.05) is 31.6 Å². The number of para-hydroxylation sites is 1. The lowest BCUT2D eigenvalue weighted by molar-refractivity contribution is 0.223. The van der Waals surface area contributed by atoms with Crippen molar-refractivity contribution in [2.24, 2.45) is 0 Å². The molecule has 0 spiro atoms. The minimum Gasteiger partial charge on any atom is -0.508 e. The van der Waals surface area contributed by atoms with Gasteiger partial charge in [0.2, 0.25) is 0 Å². The Bertz CT molecular complexity index is 1080. The van der Waals surface area contributed by atoms with E-state index >= 15 is 0 Å². The number of aryl methyl sites for hydroxylation is 1. The number of rotatable bonds is 11. The number of likely N-dealkylation sites (N-methyl/N-ethyl adjacent to an activating group) is 1. The molecule has 0 bridgehead atoms. The Morgan fingerprint density at radius 2 is 1.77 bits per heavy atom. The van der Waals surface area contributed by atoms with Crippen LogP contribution in [0.2, 0.25) is 0 Å². The van der Waals surface area contributed by atoms with E-state index in [1.165, 1.54) is 27.9 Å². The zero-order chi connectivity index (χ0) is 24.6. The number of anilines is 1. The Labute approximate surface area is 211 Å². The number of aromatic hydroxyl groups is 1. The maximum Gasteiger partial charge on any atom is 0.119 e. The minimum absolute atomic E-state index is 0.318. The van der Waals surface area contributed by atoms with E-state index in [1.54, 1.807) is 0 Å². The summed E-state index contributed by atoms with van der Waals surface area (Å²) in [5.74, 6) is 1.81. The topological polar surface area (TPSA) is 44.7 Å². The van der Waals surface area contributed by atoms with Crippen molar-refractivity contribution in [1.82, 2.24) is 4.90 Å². The van der Waals surface area contributed by atoms with Gasteiger partial charge in [-0.05, 0) is 104 Å². The smallest absolute Gasteiger partial charge is 0.119 e. The molecule has 0 heterocycles. The Morgan fingerprint density at radius 1 is 1.00 bits per heavy atom. The number of phenols is 1. The zero-order valence-corrected chi connectivity index (χ0v) is 21.5. The molecule has 0 radical (unpaired) electrons. The molecule has 4 heteroatoms. The van der Waals surface area contributed by atoms with E-state index in [1.807, 2.05) is 12.1 Å². The molecule has 0 fully saturated rings. The summed E-state index contributed by atoms with van der Waals surface area (Å²) in [6.07, 6.45) is 4.11. The average Bonchev–Trinajstić information content (AvgIpc) is 2.87. The van der Waals surface area contributed by atoms with Crippen molar-refractivity contribution in [3.63, 3.8) is 0 Å². The largest absolute Gasteiger partial charge is 0.508 e. The van der Waals surface area contributed by atoms with Gasteiger partial charge in [-0.1, -0.05) is 50.2 Å². The summed E-state index contributed by atoms with van der Waals surface area (Å²) >= 11 is 0. The molecule has 4 rings (SSSR count). The second kappa shape index (κ2) is 12.1. The van der Waals surface area contributed by atoms with Crippen LogP contribution >= 0.6 is 0 Å². The van der Waals surface area contributed by atoms with Gasteiger partial charge in [-0.25, -0.2) is 0 Å². The van der Waals surface area contributed by atoms with Gasteiger partial charge < -0.3 is 20.1 Å². The number of phenolic OH excluding ortho intramolecular Hbond substituents is 1. The predicted octanol–water partition coefficient (Wildman–Crippen LogP) is 6.43. The number of nitrogens with one attached hydrogen (secondary N) is 1. The van der Waals surface area contributed by atoms with E-state index in [0.29, 0.717) is 17.7 Å². The summed E-state index contributed by atoms with van der Waals surface area (Å²) in [5.41, 5.74) is 6.60. The van der Waals surface area contributed by atoms with Crippen LogP contribution in [-0.4, -0.2) is 42.3 Å². The van der Waals surface area contributed by atoms with Crippen molar-refractivity contribution in [3.05, 3.63) is 89.0 Å². The Kier molecular flexibility index (Phi) is 8.70. The highest BCUT2D eigenvalue weighted by Gasteiger charge is 2.23. The van der Waals surface area contributed by atoms with Gasteiger partial charge in [0.25, 0.3) is 0 Å². The number of hydrogen-bond donors (Lipinski definition) is 2. The van der Waals surface area contributed by atoms with Crippen LogP contribution < -0.4 is 10.1 Å². The van der Waals surface area contributed by atoms with E-state index in [9.17, 15) is 5.11 Å². The van der Waals surface area contributed by atoms with Crippen molar-refractivity contribution < 1.29 is 9.84 Å². The van der Waals surface area contributed by atoms with Gasteiger partial charge in [-0.3, -0.25) is 0 Å². The first-order chi connectivity index (χ1) is 17.1. The molecule has 0 saturated heterocycles. The fourth-order valence-corrected chi connectivity index (χ4v) is 5.22. The number of ether oxygens (including phenoxy) is 1. The van der Waals surface area contributed by atoms with Crippen LogP contribution in [0.15, 0.2) is 66.7 Å². The lowest BCUT2D eigenvalue weighted by Crippen LogP contribution is -2.27. The van der Waals surface area contributed by atoms with E-state index in [4.69, 9.17) is 4.74 Å².